The molecule has 0 radical (unpaired) electrons. The Morgan fingerprint density at radius 2 is 2.21 bits per heavy atom. The molecular weight excluding hydrogens is 353 g/mol. The number of benzene rings is 1. The number of halogens is 2. The average molecular weight is 372 g/mol. The maximum Gasteiger partial charge on any atom is 0.233 e. The van der Waals surface area contributed by atoms with Crippen molar-refractivity contribution in [2.45, 2.75) is 32.1 Å². The summed E-state index contributed by atoms with van der Waals surface area (Å²) in [4.78, 5) is 13.7. The number of hydrogen-bond acceptors (Lipinski definition) is 5. The molecule has 0 bridgehead atoms. The maximum atomic E-state index is 13.8. The second kappa shape index (κ2) is 8.43. The summed E-state index contributed by atoms with van der Waals surface area (Å²) in [6, 6.07) is 4.47. The minimum absolute atomic E-state index is 0.113. The second-order valence-electron chi connectivity index (χ2n) is 5.78. The van der Waals surface area contributed by atoms with Gasteiger partial charge in [0.2, 0.25) is 11.1 Å². The molecule has 0 saturated carbocycles. The van der Waals surface area contributed by atoms with Crippen molar-refractivity contribution in [3.63, 3.8) is 0 Å². The van der Waals surface area contributed by atoms with Gasteiger partial charge in [0.1, 0.15) is 5.82 Å². The molecule has 130 valence electrons. The van der Waals surface area contributed by atoms with Crippen LogP contribution in [0.25, 0.3) is 0 Å². The molecule has 1 aromatic heterocycles. The van der Waals surface area contributed by atoms with E-state index in [1.807, 2.05) is 0 Å². The summed E-state index contributed by atoms with van der Waals surface area (Å²) in [5, 5.41) is 12.4. The SMILES string of the molecule is CC(C)Cn1nnnc1SCC(=O)N(C)Cc1c(F)cccc1Cl. The monoisotopic (exact) mass is 371 g/mol. The quantitative estimate of drug-likeness (QED) is 0.700. The van der Waals surface area contributed by atoms with Crippen molar-refractivity contribution in [3.8, 4) is 0 Å². The predicted molar refractivity (Wildman–Crippen MR) is 91.3 cm³/mol. The Bertz CT molecular complexity index is 689. The van der Waals surface area contributed by atoms with Crippen LogP contribution in [-0.4, -0.2) is 43.8 Å². The Morgan fingerprint density at radius 1 is 1.46 bits per heavy atom. The first kappa shape index (κ1) is 18.7. The molecule has 0 aliphatic carbocycles. The van der Waals surface area contributed by atoms with Gasteiger partial charge < -0.3 is 4.90 Å². The van der Waals surface area contributed by atoms with Crippen LogP contribution in [0.3, 0.4) is 0 Å². The molecule has 2 rings (SSSR count). The largest absolute Gasteiger partial charge is 0.341 e. The smallest absolute Gasteiger partial charge is 0.233 e. The zero-order valence-electron chi connectivity index (χ0n) is 13.7. The van der Waals surface area contributed by atoms with E-state index < -0.39 is 5.82 Å². The zero-order chi connectivity index (χ0) is 17.7. The van der Waals surface area contributed by atoms with Crippen LogP contribution in [0.15, 0.2) is 23.4 Å². The van der Waals surface area contributed by atoms with Gasteiger partial charge in [-0.2, -0.15) is 0 Å². The van der Waals surface area contributed by atoms with E-state index >= 15 is 0 Å². The number of hydrogen-bond donors (Lipinski definition) is 0. The van der Waals surface area contributed by atoms with Crippen molar-refractivity contribution in [2.75, 3.05) is 12.8 Å². The van der Waals surface area contributed by atoms with Crippen molar-refractivity contribution in [1.82, 2.24) is 25.1 Å². The van der Waals surface area contributed by atoms with Gasteiger partial charge in [0.15, 0.2) is 0 Å². The molecule has 0 N–H and O–H groups in total. The Kier molecular flexibility index (Phi) is 6.56. The van der Waals surface area contributed by atoms with Crippen LogP contribution >= 0.6 is 23.4 Å². The number of nitrogens with zero attached hydrogens (tertiary/aromatic N) is 5. The van der Waals surface area contributed by atoms with Crippen LogP contribution in [0.2, 0.25) is 5.02 Å². The fourth-order valence-corrected chi connectivity index (χ4v) is 3.06. The summed E-state index contributed by atoms with van der Waals surface area (Å²) in [6.07, 6.45) is 0. The highest BCUT2D eigenvalue weighted by Crippen LogP contribution is 2.21. The van der Waals surface area contributed by atoms with Gasteiger partial charge in [-0.15, -0.1) is 5.10 Å². The lowest BCUT2D eigenvalue weighted by Gasteiger charge is -2.18. The lowest BCUT2D eigenvalue weighted by molar-refractivity contribution is -0.127. The number of rotatable bonds is 7. The van der Waals surface area contributed by atoms with Crippen LogP contribution in [0.4, 0.5) is 4.39 Å². The summed E-state index contributed by atoms with van der Waals surface area (Å²) in [7, 11) is 1.61. The first-order chi connectivity index (χ1) is 11.4. The molecule has 6 nitrogen and oxygen atoms in total. The maximum absolute atomic E-state index is 13.8. The number of thioether (sulfide) groups is 1. The van der Waals surface area contributed by atoms with Gasteiger partial charge in [0, 0.05) is 30.7 Å². The minimum Gasteiger partial charge on any atom is -0.341 e. The molecule has 1 amide bonds. The topological polar surface area (TPSA) is 63.9 Å². The van der Waals surface area contributed by atoms with Crippen molar-refractivity contribution in [1.29, 1.82) is 0 Å². The normalized spacial score (nSPS) is 11.1. The van der Waals surface area contributed by atoms with Gasteiger partial charge in [0.05, 0.1) is 5.75 Å². The molecule has 0 aliphatic rings. The minimum atomic E-state index is -0.421. The fourth-order valence-electron chi connectivity index (χ4n) is 2.01. The van der Waals surface area contributed by atoms with E-state index in [-0.39, 0.29) is 18.2 Å². The summed E-state index contributed by atoms with van der Waals surface area (Å²) in [5.41, 5.74) is 0.310. The highest BCUT2D eigenvalue weighted by atomic mass is 35.5. The van der Waals surface area contributed by atoms with E-state index in [4.69, 9.17) is 11.6 Å². The van der Waals surface area contributed by atoms with Gasteiger partial charge in [-0.25, -0.2) is 9.07 Å². The van der Waals surface area contributed by atoms with Gasteiger partial charge in [-0.3, -0.25) is 4.79 Å². The lowest BCUT2D eigenvalue weighted by Crippen LogP contribution is -2.28. The van der Waals surface area contributed by atoms with Crippen LogP contribution in [-0.2, 0) is 17.9 Å². The fraction of sp³-hybridized carbons (Fsp3) is 0.467. The average Bonchev–Trinajstić information content (AvgIpc) is 2.94. The number of carbonyl (C=O) groups excluding carboxylic acids is 1. The van der Waals surface area contributed by atoms with Gasteiger partial charge >= 0.3 is 0 Å². The van der Waals surface area contributed by atoms with Crippen molar-refractivity contribution < 1.29 is 9.18 Å². The summed E-state index contributed by atoms with van der Waals surface area (Å²) < 4.78 is 15.5. The van der Waals surface area contributed by atoms with Crippen molar-refractivity contribution in [3.05, 3.63) is 34.6 Å². The Morgan fingerprint density at radius 3 is 2.88 bits per heavy atom. The Balaban J connectivity index is 1.94. The molecule has 24 heavy (non-hydrogen) atoms. The molecule has 0 fully saturated rings. The molecule has 1 heterocycles. The first-order valence-corrected chi connectivity index (χ1v) is 8.80. The molecule has 0 atom stereocenters. The molecule has 0 spiro atoms. The number of tetrazole rings is 1. The standard InChI is InChI=1S/C15H19ClFN5OS/c1-10(2)7-22-15(18-19-20-22)24-9-14(23)21(3)8-11-12(16)5-4-6-13(11)17/h4-6,10H,7-9H2,1-3H3. The molecule has 1 aromatic carbocycles. The first-order valence-electron chi connectivity index (χ1n) is 7.44. The number of aromatic nitrogens is 4. The van der Waals surface area contributed by atoms with Crippen molar-refractivity contribution in [2.24, 2.45) is 5.92 Å². The van der Waals surface area contributed by atoms with E-state index in [1.54, 1.807) is 17.8 Å². The molecule has 0 unspecified atom stereocenters. The van der Waals surface area contributed by atoms with Gasteiger partial charge in [0.25, 0.3) is 0 Å². The van der Waals surface area contributed by atoms with Crippen molar-refractivity contribution >= 4 is 29.3 Å². The second-order valence-corrected chi connectivity index (χ2v) is 7.13. The molecule has 0 aliphatic heterocycles. The third kappa shape index (κ3) is 4.91. The molecular formula is C15H19ClFN5OS. The number of carbonyl (C=O) groups is 1. The van der Waals surface area contributed by atoms with Gasteiger partial charge in [-0.05, 0) is 28.5 Å². The third-order valence-corrected chi connectivity index (χ3v) is 4.54. The van der Waals surface area contributed by atoms with E-state index in [9.17, 15) is 9.18 Å². The molecule has 9 heteroatoms. The molecule has 2 aromatic rings. The van der Waals surface area contributed by atoms with E-state index in [0.717, 1.165) is 0 Å². The van der Waals surface area contributed by atoms with Crippen LogP contribution < -0.4 is 0 Å². The highest BCUT2D eigenvalue weighted by molar-refractivity contribution is 7.99. The summed E-state index contributed by atoms with van der Waals surface area (Å²) in [6.45, 7) is 4.92. The van der Waals surface area contributed by atoms with Gasteiger partial charge in [-0.1, -0.05) is 43.3 Å². The lowest BCUT2D eigenvalue weighted by atomic mass is 10.2. The van der Waals surface area contributed by atoms with Crippen LogP contribution in [0.5, 0.6) is 0 Å². The third-order valence-electron chi connectivity index (χ3n) is 3.24. The number of amides is 1. The Hall–Kier alpha value is -1.67. The summed E-state index contributed by atoms with van der Waals surface area (Å²) >= 11 is 7.25. The van der Waals surface area contributed by atoms with E-state index in [0.29, 0.717) is 28.2 Å². The van der Waals surface area contributed by atoms with E-state index in [1.165, 1.54) is 28.8 Å². The summed E-state index contributed by atoms with van der Waals surface area (Å²) in [5.74, 6) is -0.00960. The Labute approximate surface area is 149 Å². The zero-order valence-corrected chi connectivity index (χ0v) is 15.3. The van der Waals surface area contributed by atoms with Crippen LogP contribution in [0, 0.1) is 11.7 Å². The highest BCUT2D eigenvalue weighted by Gasteiger charge is 2.16. The predicted octanol–water partition coefficient (Wildman–Crippen LogP) is 2.87. The van der Waals surface area contributed by atoms with E-state index in [2.05, 4.69) is 29.4 Å². The van der Waals surface area contributed by atoms with Crippen LogP contribution in [0.1, 0.15) is 19.4 Å². The molecule has 0 saturated heterocycles.